The van der Waals surface area contributed by atoms with Crippen molar-refractivity contribution in [1.29, 1.82) is 0 Å². The van der Waals surface area contributed by atoms with Gasteiger partial charge in [-0.25, -0.2) is 4.79 Å². The Morgan fingerprint density at radius 2 is 1.94 bits per heavy atom. The Morgan fingerprint density at radius 1 is 1.28 bits per heavy atom. The Morgan fingerprint density at radius 3 is 2.50 bits per heavy atom. The first-order valence-corrected chi connectivity index (χ1v) is 7.23. The molecule has 0 aromatic rings. The maximum atomic E-state index is 10.7. The van der Waals surface area contributed by atoms with Gasteiger partial charge in [-0.15, -0.1) is 0 Å². The number of nitrogens with two attached hydrogens (primary N) is 1. The van der Waals surface area contributed by atoms with Crippen LogP contribution >= 0.6 is 0 Å². The minimum Gasteiger partial charge on any atom is -0.352 e. The zero-order valence-corrected chi connectivity index (χ0v) is 11.3. The SMILES string of the molecule is CCCNC1CC2CCC(C1)N2CCNC(N)=O. The quantitative estimate of drug-likeness (QED) is 0.652. The highest BCUT2D eigenvalue weighted by Gasteiger charge is 2.39. The predicted molar refractivity (Wildman–Crippen MR) is 72.4 cm³/mol. The molecule has 5 nitrogen and oxygen atoms in total. The number of nitrogens with one attached hydrogen (secondary N) is 2. The highest BCUT2D eigenvalue weighted by molar-refractivity contribution is 5.71. The zero-order valence-electron chi connectivity index (χ0n) is 11.3. The maximum Gasteiger partial charge on any atom is 0.312 e. The molecule has 0 aromatic heterocycles. The number of urea groups is 1. The lowest BCUT2D eigenvalue weighted by Crippen LogP contribution is -2.51. The van der Waals surface area contributed by atoms with Crippen LogP contribution in [-0.2, 0) is 0 Å². The van der Waals surface area contributed by atoms with Crippen molar-refractivity contribution >= 4 is 6.03 Å². The van der Waals surface area contributed by atoms with E-state index in [9.17, 15) is 4.79 Å². The van der Waals surface area contributed by atoms with Gasteiger partial charge in [0.1, 0.15) is 0 Å². The van der Waals surface area contributed by atoms with Gasteiger partial charge in [0, 0.05) is 31.2 Å². The summed E-state index contributed by atoms with van der Waals surface area (Å²) in [6, 6.07) is 1.69. The van der Waals surface area contributed by atoms with Crippen LogP contribution in [0.5, 0.6) is 0 Å². The lowest BCUT2D eigenvalue weighted by Gasteiger charge is -2.39. The Labute approximate surface area is 109 Å². The minimum atomic E-state index is -0.415. The second-order valence-corrected chi connectivity index (χ2v) is 5.54. The third-order valence-electron chi connectivity index (χ3n) is 4.24. The summed E-state index contributed by atoms with van der Waals surface area (Å²) in [7, 11) is 0. The smallest absolute Gasteiger partial charge is 0.312 e. The molecule has 2 aliphatic heterocycles. The van der Waals surface area contributed by atoms with Crippen molar-refractivity contribution < 1.29 is 4.79 Å². The molecule has 4 N–H and O–H groups in total. The van der Waals surface area contributed by atoms with Crippen molar-refractivity contribution in [1.82, 2.24) is 15.5 Å². The van der Waals surface area contributed by atoms with Crippen LogP contribution in [0.2, 0.25) is 0 Å². The van der Waals surface area contributed by atoms with E-state index >= 15 is 0 Å². The number of carbonyl (C=O) groups is 1. The summed E-state index contributed by atoms with van der Waals surface area (Å²) in [4.78, 5) is 13.2. The maximum absolute atomic E-state index is 10.7. The van der Waals surface area contributed by atoms with E-state index in [1.54, 1.807) is 0 Å². The number of fused-ring (bicyclic) bond motifs is 2. The van der Waals surface area contributed by atoms with Gasteiger partial charge in [0.05, 0.1) is 0 Å². The summed E-state index contributed by atoms with van der Waals surface area (Å²) in [6.45, 7) is 4.97. The number of amides is 2. The molecule has 0 radical (unpaired) electrons. The molecule has 2 bridgehead atoms. The largest absolute Gasteiger partial charge is 0.352 e. The van der Waals surface area contributed by atoms with E-state index in [1.807, 2.05) is 0 Å². The van der Waals surface area contributed by atoms with E-state index in [0.29, 0.717) is 24.7 Å². The number of hydrogen-bond donors (Lipinski definition) is 3. The van der Waals surface area contributed by atoms with Crippen LogP contribution in [0.1, 0.15) is 39.0 Å². The van der Waals surface area contributed by atoms with E-state index < -0.39 is 6.03 Å². The molecule has 104 valence electrons. The molecule has 0 saturated carbocycles. The number of hydrogen-bond acceptors (Lipinski definition) is 3. The number of rotatable bonds is 6. The first-order chi connectivity index (χ1) is 8.70. The summed E-state index contributed by atoms with van der Waals surface area (Å²) in [5.41, 5.74) is 5.09. The van der Waals surface area contributed by atoms with E-state index in [-0.39, 0.29) is 0 Å². The molecule has 2 fully saturated rings. The van der Waals surface area contributed by atoms with Gasteiger partial charge < -0.3 is 16.4 Å². The molecule has 2 heterocycles. The third-order valence-corrected chi connectivity index (χ3v) is 4.24. The van der Waals surface area contributed by atoms with Gasteiger partial charge in [0.2, 0.25) is 0 Å². The molecule has 0 spiro atoms. The molecule has 2 amide bonds. The first kappa shape index (κ1) is 13.6. The molecule has 2 unspecified atom stereocenters. The van der Waals surface area contributed by atoms with Crippen LogP contribution < -0.4 is 16.4 Å². The van der Waals surface area contributed by atoms with Crippen molar-refractivity contribution in [3.05, 3.63) is 0 Å². The van der Waals surface area contributed by atoms with Crippen molar-refractivity contribution in [3.8, 4) is 0 Å². The molecule has 5 heteroatoms. The monoisotopic (exact) mass is 254 g/mol. The highest BCUT2D eigenvalue weighted by atomic mass is 16.2. The highest BCUT2D eigenvalue weighted by Crippen LogP contribution is 2.35. The topological polar surface area (TPSA) is 70.4 Å². The lowest BCUT2D eigenvalue weighted by atomic mass is 9.97. The molecule has 2 saturated heterocycles. The molecule has 0 aliphatic carbocycles. The van der Waals surface area contributed by atoms with Gasteiger partial charge in [-0.05, 0) is 38.6 Å². The Hall–Kier alpha value is -0.810. The van der Waals surface area contributed by atoms with Crippen molar-refractivity contribution in [2.75, 3.05) is 19.6 Å². The molecule has 2 aliphatic rings. The molecule has 2 atom stereocenters. The van der Waals surface area contributed by atoms with E-state index in [1.165, 1.54) is 32.1 Å². The van der Waals surface area contributed by atoms with Crippen LogP contribution in [0.3, 0.4) is 0 Å². The minimum absolute atomic E-state index is 0.415. The van der Waals surface area contributed by atoms with Gasteiger partial charge >= 0.3 is 6.03 Å². The molecular weight excluding hydrogens is 228 g/mol. The van der Waals surface area contributed by atoms with Gasteiger partial charge in [-0.1, -0.05) is 6.92 Å². The fraction of sp³-hybridized carbons (Fsp3) is 0.923. The second kappa shape index (κ2) is 6.38. The van der Waals surface area contributed by atoms with Crippen LogP contribution in [0.15, 0.2) is 0 Å². The summed E-state index contributed by atoms with van der Waals surface area (Å²) in [6.07, 6.45) is 6.34. The van der Waals surface area contributed by atoms with E-state index in [0.717, 1.165) is 13.1 Å². The molecular formula is C13H26N4O. The van der Waals surface area contributed by atoms with Crippen molar-refractivity contribution in [2.24, 2.45) is 5.73 Å². The van der Waals surface area contributed by atoms with Gasteiger partial charge in [-0.3, -0.25) is 4.90 Å². The summed E-state index contributed by atoms with van der Waals surface area (Å²) < 4.78 is 0. The first-order valence-electron chi connectivity index (χ1n) is 7.23. The van der Waals surface area contributed by atoms with Crippen LogP contribution in [0.25, 0.3) is 0 Å². The summed E-state index contributed by atoms with van der Waals surface area (Å²) >= 11 is 0. The Balaban J connectivity index is 1.77. The number of carbonyl (C=O) groups excluding carboxylic acids is 1. The second-order valence-electron chi connectivity index (χ2n) is 5.54. The lowest BCUT2D eigenvalue weighted by molar-refractivity contribution is 0.118. The summed E-state index contributed by atoms with van der Waals surface area (Å²) in [5, 5.41) is 6.34. The average molecular weight is 254 g/mol. The fourth-order valence-corrected chi connectivity index (χ4v) is 3.46. The number of primary amides is 1. The van der Waals surface area contributed by atoms with Crippen molar-refractivity contribution in [3.63, 3.8) is 0 Å². The van der Waals surface area contributed by atoms with Crippen molar-refractivity contribution in [2.45, 2.75) is 57.2 Å². The summed E-state index contributed by atoms with van der Waals surface area (Å²) in [5.74, 6) is 0. The molecule has 2 rings (SSSR count). The van der Waals surface area contributed by atoms with Crippen LogP contribution in [0.4, 0.5) is 4.79 Å². The standard InChI is InChI=1S/C13H26N4O/c1-2-5-15-10-8-11-3-4-12(9-10)17(11)7-6-16-13(14)18/h10-12,15H,2-9H2,1H3,(H3,14,16,18). The van der Waals surface area contributed by atoms with E-state index in [2.05, 4.69) is 22.5 Å². The van der Waals surface area contributed by atoms with Crippen LogP contribution in [0, 0.1) is 0 Å². The van der Waals surface area contributed by atoms with Crippen LogP contribution in [-0.4, -0.2) is 48.7 Å². The predicted octanol–water partition coefficient (Wildman–Crippen LogP) is 0.650. The zero-order chi connectivity index (χ0) is 13.0. The van der Waals surface area contributed by atoms with Gasteiger partial charge in [0.15, 0.2) is 0 Å². The van der Waals surface area contributed by atoms with E-state index in [4.69, 9.17) is 5.73 Å². The number of nitrogens with zero attached hydrogens (tertiary/aromatic N) is 1. The fourth-order valence-electron chi connectivity index (χ4n) is 3.46. The Bertz CT molecular complexity index is 270. The van der Waals surface area contributed by atoms with Gasteiger partial charge in [0.25, 0.3) is 0 Å². The number of piperidine rings is 1. The molecule has 18 heavy (non-hydrogen) atoms. The van der Waals surface area contributed by atoms with Gasteiger partial charge in [-0.2, -0.15) is 0 Å². The normalized spacial score (nSPS) is 31.5. The Kier molecular flexibility index (Phi) is 4.83. The average Bonchev–Trinajstić information content (AvgIpc) is 2.59. The molecule has 0 aromatic carbocycles. The third kappa shape index (κ3) is 3.36.